The molecule has 1 aliphatic heterocycles. The lowest BCUT2D eigenvalue weighted by atomic mass is 10.2. The summed E-state index contributed by atoms with van der Waals surface area (Å²) in [5.74, 6) is 0. The standard InChI is InChI=1S/C9H17F3N2/c1-7(2)13-6-8-4-3-5-14(8)9(10,11)12/h7-8,13H,3-6H2,1-2H3/t8-/m0/s1. The highest BCUT2D eigenvalue weighted by molar-refractivity contribution is 4.82. The molecule has 1 fully saturated rings. The summed E-state index contributed by atoms with van der Waals surface area (Å²) in [7, 11) is 0. The minimum absolute atomic E-state index is 0.147. The van der Waals surface area contributed by atoms with E-state index in [9.17, 15) is 13.2 Å². The van der Waals surface area contributed by atoms with Gasteiger partial charge in [0.1, 0.15) is 0 Å². The van der Waals surface area contributed by atoms with E-state index in [0.717, 1.165) is 0 Å². The van der Waals surface area contributed by atoms with E-state index >= 15 is 0 Å². The Morgan fingerprint density at radius 1 is 1.43 bits per heavy atom. The number of rotatable bonds is 3. The Hall–Kier alpha value is -0.290. The monoisotopic (exact) mass is 210 g/mol. The Morgan fingerprint density at radius 2 is 2.07 bits per heavy atom. The topological polar surface area (TPSA) is 15.3 Å². The number of alkyl halides is 3. The second kappa shape index (κ2) is 4.49. The van der Waals surface area contributed by atoms with Gasteiger partial charge in [0.2, 0.25) is 0 Å². The van der Waals surface area contributed by atoms with Crippen molar-refractivity contribution in [3.63, 3.8) is 0 Å². The summed E-state index contributed by atoms with van der Waals surface area (Å²) in [6.07, 6.45) is -2.89. The van der Waals surface area contributed by atoms with E-state index in [0.29, 0.717) is 24.3 Å². The van der Waals surface area contributed by atoms with E-state index in [4.69, 9.17) is 0 Å². The summed E-state index contributed by atoms with van der Waals surface area (Å²) in [6.45, 7) is 4.45. The molecule has 0 aromatic carbocycles. The highest BCUT2D eigenvalue weighted by Gasteiger charge is 2.43. The molecule has 5 heteroatoms. The number of likely N-dealkylation sites (tertiary alicyclic amines) is 1. The molecule has 0 aromatic heterocycles. The third kappa shape index (κ3) is 3.13. The average molecular weight is 210 g/mol. The molecular weight excluding hydrogens is 193 g/mol. The maximum Gasteiger partial charge on any atom is 0.460 e. The van der Waals surface area contributed by atoms with Gasteiger partial charge in [-0.15, -0.1) is 0 Å². The van der Waals surface area contributed by atoms with Crippen LogP contribution in [0.1, 0.15) is 26.7 Å². The second-order valence-corrected chi connectivity index (χ2v) is 4.02. The smallest absolute Gasteiger partial charge is 0.313 e. The van der Waals surface area contributed by atoms with E-state index in [1.54, 1.807) is 0 Å². The summed E-state index contributed by atoms with van der Waals surface area (Å²) in [4.78, 5) is 0.641. The van der Waals surface area contributed by atoms with Crippen LogP contribution >= 0.6 is 0 Å². The fourth-order valence-corrected chi connectivity index (χ4v) is 1.75. The van der Waals surface area contributed by atoms with Crippen LogP contribution in [0.15, 0.2) is 0 Å². The van der Waals surface area contributed by atoms with E-state index in [1.165, 1.54) is 0 Å². The van der Waals surface area contributed by atoms with Crippen molar-refractivity contribution in [3.8, 4) is 0 Å². The molecule has 0 aliphatic carbocycles. The third-order valence-electron chi connectivity index (χ3n) is 2.46. The summed E-state index contributed by atoms with van der Waals surface area (Å²) in [5.41, 5.74) is 0. The minimum atomic E-state index is -4.17. The predicted octanol–water partition coefficient (Wildman–Crippen LogP) is 1.97. The number of hydrogen-bond donors (Lipinski definition) is 1. The van der Waals surface area contributed by atoms with Gasteiger partial charge >= 0.3 is 6.30 Å². The lowest BCUT2D eigenvalue weighted by molar-refractivity contribution is -0.249. The van der Waals surface area contributed by atoms with Crippen molar-refractivity contribution in [1.29, 1.82) is 0 Å². The highest BCUT2D eigenvalue weighted by Crippen LogP contribution is 2.30. The van der Waals surface area contributed by atoms with E-state index in [1.807, 2.05) is 13.8 Å². The quantitative estimate of drug-likeness (QED) is 0.716. The van der Waals surface area contributed by atoms with Crippen LogP contribution in [0.2, 0.25) is 0 Å². The number of nitrogens with zero attached hydrogens (tertiary/aromatic N) is 1. The van der Waals surface area contributed by atoms with Crippen LogP contribution in [0.25, 0.3) is 0 Å². The molecule has 0 radical (unpaired) electrons. The lowest BCUT2D eigenvalue weighted by Gasteiger charge is -2.27. The number of nitrogens with one attached hydrogen (secondary N) is 1. The summed E-state index contributed by atoms with van der Waals surface area (Å²) in [6, 6.07) is -0.136. The number of hydrogen-bond acceptors (Lipinski definition) is 2. The zero-order chi connectivity index (χ0) is 10.8. The van der Waals surface area contributed by atoms with E-state index < -0.39 is 6.30 Å². The van der Waals surface area contributed by atoms with Gasteiger partial charge in [-0.2, -0.15) is 13.2 Å². The van der Waals surface area contributed by atoms with E-state index in [2.05, 4.69) is 5.32 Å². The van der Waals surface area contributed by atoms with E-state index in [-0.39, 0.29) is 18.6 Å². The van der Waals surface area contributed by atoms with Crippen molar-refractivity contribution in [2.45, 2.75) is 45.1 Å². The normalized spacial score (nSPS) is 24.9. The molecule has 0 amide bonds. The Kier molecular flexibility index (Phi) is 3.78. The van der Waals surface area contributed by atoms with Crippen molar-refractivity contribution in [2.75, 3.05) is 13.1 Å². The first-order valence-electron chi connectivity index (χ1n) is 4.98. The number of halogens is 3. The highest BCUT2D eigenvalue weighted by atomic mass is 19.4. The summed E-state index contributed by atoms with van der Waals surface area (Å²) < 4.78 is 37.3. The van der Waals surface area contributed by atoms with Gasteiger partial charge in [-0.05, 0) is 12.8 Å². The molecule has 84 valence electrons. The zero-order valence-electron chi connectivity index (χ0n) is 8.56. The van der Waals surface area contributed by atoms with Gasteiger partial charge in [-0.1, -0.05) is 13.8 Å². The van der Waals surface area contributed by atoms with Crippen LogP contribution < -0.4 is 5.32 Å². The predicted molar refractivity (Wildman–Crippen MR) is 48.9 cm³/mol. The molecule has 0 unspecified atom stereocenters. The SMILES string of the molecule is CC(C)NC[C@@H]1CCCN1C(F)(F)F. The Morgan fingerprint density at radius 3 is 2.57 bits per heavy atom. The van der Waals surface area contributed by atoms with Crippen molar-refractivity contribution in [3.05, 3.63) is 0 Å². The fourth-order valence-electron chi connectivity index (χ4n) is 1.75. The fraction of sp³-hybridized carbons (Fsp3) is 1.00. The molecule has 1 atom stereocenters. The molecular formula is C9H17F3N2. The first-order valence-corrected chi connectivity index (χ1v) is 4.98. The molecule has 1 rings (SSSR count). The van der Waals surface area contributed by atoms with Crippen LogP contribution in [-0.2, 0) is 0 Å². The maximum atomic E-state index is 12.4. The Labute approximate surface area is 82.5 Å². The van der Waals surface area contributed by atoms with Crippen LogP contribution in [0.4, 0.5) is 13.2 Å². The summed E-state index contributed by atoms with van der Waals surface area (Å²) in [5, 5.41) is 3.05. The van der Waals surface area contributed by atoms with Crippen LogP contribution in [-0.4, -0.2) is 36.4 Å². The zero-order valence-corrected chi connectivity index (χ0v) is 8.56. The van der Waals surface area contributed by atoms with Crippen LogP contribution in [0.3, 0.4) is 0 Å². The molecule has 2 nitrogen and oxygen atoms in total. The third-order valence-corrected chi connectivity index (χ3v) is 2.46. The largest absolute Gasteiger partial charge is 0.460 e. The molecule has 1 saturated heterocycles. The Balaban J connectivity index is 2.43. The molecule has 1 aliphatic rings. The van der Waals surface area contributed by atoms with Gasteiger partial charge in [0.05, 0.1) is 0 Å². The van der Waals surface area contributed by atoms with Crippen LogP contribution in [0.5, 0.6) is 0 Å². The van der Waals surface area contributed by atoms with Crippen molar-refractivity contribution in [2.24, 2.45) is 0 Å². The average Bonchev–Trinajstić information content (AvgIpc) is 2.46. The first kappa shape index (κ1) is 11.8. The first-order chi connectivity index (χ1) is 6.41. The van der Waals surface area contributed by atoms with Crippen molar-refractivity contribution in [1.82, 2.24) is 10.2 Å². The molecule has 1 heterocycles. The van der Waals surface area contributed by atoms with Crippen LogP contribution in [0, 0.1) is 0 Å². The molecule has 14 heavy (non-hydrogen) atoms. The van der Waals surface area contributed by atoms with Gasteiger partial charge in [-0.25, -0.2) is 4.90 Å². The van der Waals surface area contributed by atoms with Gasteiger partial charge in [0.15, 0.2) is 0 Å². The second-order valence-electron chi connectivity index (χ2n) is 4.02. The summed E-state index contributed by atoms with van der Waals surface area (Å²) >= 11 is 0. The van der Waals surface area contributed by atoms with Crippen molar-refractivity contribution < 1.29 is 13.2 Å². The van der Waals surface area contributed by atoms with Gasteiger partial charge < -0.3 is 5.32 Å². The van der Waals surface area contributed by atoms with Gasteiger partial charge in [-0.3, -0.25) is 0 Å². The van der Waals surface area contributed by atoms with Crippen molar-refractivity contribution >= 4 is 0 Å². The lowest BCUT2D eigenvalue weighted by Crippen LogP contribution is -2.47. The minimum Gasteiger partial charge on any atom is -0.313 e. The molecule has 0 bridgehead atoms. The molecule has 1 N–H and O–H groups in total. The maximum absolute atomic E-state index is 12.4. The van der Waals surface area contributed by atoms with Gasteiger partial charge in [0.25, 0.3) is 0 Å². The van der Waals surface area contributed by atoms with Gasteiger partial charge in [0, 0.05) is 25.2 Å². The molecule has 0 aromatic rings. The molecule has 0 spiro atoms. The molecule has 0 saturated carbocycles. The Bertz CT molecular complexity index is 179.